The number of hydrogen-bond acceptors (Lipinski definition) is 4. The van der Waals surface area contributed by atoms with E-state index in [2.05, 4.69) is 53.7 Å². The van der Waals surface area contributed by atoms with Gasteiger partial charge in [0.15, 0.2) is 5.82 Å². The van der Waals surface area contributed by atoms with Crippen molar-refractivity contribution < 1.29 is 4.79 Å². The molecule has 1 aliphatic rings. The molecule has 1 amide bonds. The maximum Gasteiger partial charge on any atom is 0.252 e. The number of nitrogens with one attached hydrogen (secondary N) is 1. The molecule has 150 valence electrons. The van der Waals surface area contributed by atoms with Gasteiger partial charge in [-0.25, -0.2) is 0 Å². The van der Waals surface area contributed by atoms with E-state index in [9.17, 15) is 4.79 Å². The summed E-state index contributed by atoms with van der Waals surface area (Å²) in [6, 6.07) is 15.6. The number of carbonyl (C=O) groups is 1. The van der Waals surface area contributed by atoms with Crippen LogP contribution in [0.5, 0.6) is 0 Å². The number of nitrogens with zero attached hydrogens (tertiary/aromatic N) is 4. The molecule has 1 saturated carbocycles. The summed E-state index contributed by atoms with van der Waals surface area (Å²) in [4.78, 5) is 13.1. The fourth-order valence-corrected chi connectivity index (χ4v) is 4.23. The summed E-state index contributed by atoms with van der Waals surface area (Å²) in [7, 11) is 0. The molecule has 1 aromatic heterocycles. The lowest BCUT2D eigenvalue weighted by molar-refractivity contribution is 0.0836. The lowest BCUT2D eigenvalue weighted by Crippen LogP contribution is -2.49. The first-order chi connectivity index (χ1) is 14.0. The highest BCUT2D eigenvalue weighted by atomic mass is 16.1. The first kappa shape index (κ1) is 19.3. The average molecular weight is 390 g/mol. The van der Waals surface area contributed by atoms with Crippen LogP contribution in [0.1, 0.15) is 59.9 Å². The van der Waals surface area contributed by atoms with Gasteiger partial charge < -0.3 is 5.32 Å². The molecule has 4 rings (SSSR count). The zero-order valence-electron chi connectivity index (χ0n) is 17.2. The number of rotatable bonds is 4. The van der Waals surface area contributed by atoms with Crippen LogP contribution >= 0.6 is 0 Å². The van der Waals surface area contributed by atoms with Gasteiger partial charge in [-0.05, 0) is 79.6 Å². The van der Waals surface area contributed by atoms with Gasteiger partial charge in [-0.3, -0.25) is 4.79 Å². The lowest BCUT2D eigenvalue weighted by atomic mass is 9.76. The van der Waals surface area contributed by atoms with Crippen molar-refractivity contribution in [2.75, 3.05) is 0 Å². The summed E-state index contributed by atoms with van der Waals surface area (Å²) in [5.74, 6) is 1.25. The highest BCUT2D eigenvalue weighted by Gasteiger charge is 2.42. The van der Waals surface area contributed by atoms with Crippen LogP contribution < -0.4 is 5.32 Å². The Labute approximate surface area is 171 Å². The summed E-state index contributed by atoms with van der Waals surface area (Å²) < 4.78 is 1.80. The molecule has 3 aromatic rings. The van der Waals surface area contributed by atoms with Gasteiger partial charge in [-0.15, -0.1) is 5.10 Å². The summed E-state index contributed by atoms with van der Waals surface area (Å²) in [5.41, 5.74) is 3.31. The van der Waals surface area contributed by atoms with Crippen LogP contribution in [0.25, 0.3) is 5.69 Å². The smallest absolute Gasteiger partial charge is 0.252 e. The molecule has 0 aliphatic heterocycles. The topological polar surface area (TPSA) is 72.7 Å². The van der Waals surface area contributed by atoms with Crippen LogP contribution in [0, 0.1) is 19.8 Å². The lowest BCUT2D eigenvalue weighted by Gasteiger charge is -2.39. The minimum absolute atomic E-state index is 0.0877. The second-order valence-corrected chi connectivity index (χ2v) is 8.29. The highest BCUT2D eigenvalue weighted by molar-refractivity contribution is 5.94. The fourth-order valence-electron chi connectivity index (χ4n) is 4.23. The minimum atomic E-state index is -0.583. The van der Waals surface area contributed by atoms with Gasteiger partial charge in [-0.2, -0.15) is 4.68 Å². The molecule has 2 aromatic carbocycles. The van der Waals surface area contributed by atoms with Crippen molar-refractivity contribution in [2.45, 2.75) is 52.0 Å². The minimum Gasteiger partial charge on any atom is -0.339 e. The summed E-state index contributed by atoms with van der Waals surface area (Å²) in [6.07, 6.45) is 3.68. The van der Waals surface area contributed by atoms with E-state index in [0.29, 0.717) is 17.3 Å². The molecule has 0 atom stereocenters. The SMILES string of the molecule is Cc1ccc(-n2nnnc2C2(NC(=O)c3ccccc3)CCC(C)CC2)c(C)c1. The van der Waals surface area contributed by atoms with Gasteiger partial charge in [0.05, 0.1) is 5.69 Å². The Morgan fingerprint density at radius 1 is 1.10 bits per heavy atom. The van der Waals surface area contributed by atoms with Gasteiger partial charge in [-0.1, -0.05) is 42.8 Å². The second kappa shape index (κ2) is 7.78. The van der Waals surface area contributed by atoms with E-state index in [1.54, 1.807) is 4.68 Å². The van der Waals surface area contributed by atoms with Gasteiger partial charge >= 0.3 is 0 Å². The summed E-state index contributed by atoms with van der Waals surface area (Å²) in [5, 5.41) is 16.0. The Hall–Kier alpha value is -3.02. The van der Waals surface area contributed by atoms with Gasteiger partial charge in [0.2, 0.25) is 0 Å². The molecule has 1 heterocycles. The van der Waals surface area contributed by atoms with Crippen LogP contribution in [0.3, 0.4) is 0 Å². The number of benzene rings is 2. The van der Waals surface area contributed by atoms with E-state index < -0.39 is 5.54 Å². The van der Waals surface area contributed by atoms with Crippen LogP contribution in [0.4, 0.5) is 0 Å². The Morgan fingerprint density at radius 2 is 1.83 bits per heavy atom. The van der Waals surface area contributed by atoms with Gasteiger partial charge in [0.1, 0.15) is 5.54 Å². The molecule has 0 radical (unpaired) electrons. The molecular weight excluding hydrogens is 362 g/mol. The number of tetrazole rings is 1. The van der Waals surface area contributed by atoms with Crippen LogP contribution in [0.2, 0.25) is 0 Å². The largest absolute Gasteiger partial charge is 0.339 e. The quantitative estimate of drug-likeness (QED) is 0.729. The highest BCUT2D eigenvalue weighted by Crippen LogP contribution is 2.39. The summed E-state index contributed by atoms with van der Waals surface area (Å²) in [6.45, 7) is 6.39. The predicted molar refractivity (Wildman–Crippen MR) is 112 cm³/mol. The maximum atomic E-state index is 13.1. The molecular formula is C23H27N5O. The maximum absolute atomic E-state index is 13.1. The van der Waals surface area contributed by atoms with Crippen molar-refractivity contribution in [1.82, 2.24) is 25.5 Å². The third-order valence-electron chi connectivity index (χ3n) is 5.99. The Bertz CT molecular complexity index is 1000. The van der Waals surface area contributed by atoms with Crippen LogP contribution in [-0.4, -0.2) is 26.1 Å². The van der Waals surface area contributed by atoms with Gasteiger partial charge in [0.25, 0.3) is 5.91 Å². The molecule has 6 nitrogen and oxygen atoms in total. The zero-order valence-corrected chi connectivity index (χ0v) is 17.2. The molecule has 29 heavy (non-hydrogen) atoms. The predicted octanol–water partition coefficient (Wildman–Crippen LogP) is 4.11. The standard InChI is InChI=1S/C23H27N5O/c1-16-11-13-23(14-12-16,24-21(29)19-7-5-4-6-8-19)22-25-26-27-28(22)20-10-9-17(2)15-18(20)3/h4-10,15-16H,11-14H2,1-3H3,(H,24,29). The Kier molecular flexibility index (Phi) is 5.18. The third kappa shape index (κ3) is 3.79. The van der Waals surface area contributed by atoms with Crippen LogP contribution in [-0.2, 0) is 5.54 Å². The fraction of sp³-hybridized carbons (Fsp3) is 0.391. The summed E-state index contributed by atoms with van der Waals surface area (Å²) >= 11 is 0. The van der Waals surface area contributed by atoms with Gasteiger partial charge in [0, 0.05) is 5.56 Å². The van der Waals surface area contributed by atoms with E-state index in [-0.39, 0.29) is 5.91 Å². The Balaban J connectivity index is 1.75. The molecule has 6 heteroatoms. The second-order valence-electron chi connectivity index (χ2n) is 8.29. The van der Waals surface area contributed by atoms with E-state index in [1.165, 1.54) is 5.56 Å². The number of aryl methyl sites for hydroxylation is 2. The molecule has 0 saturated heterocycles. The normalized spacial score (nSPS) is 21.7. The van der Waals surface area contributed by atoms with Crippen molar-refractivity contribution in [3.05, 3.63) is 71.0 Å². The molecule has 0 bridgehead atoms. The van der Waals surface area contributed by atoms with E-state index in [1.807, 2.05) is 36.4 Å². The number of amides is 1. The molecule has 1 aliphatic carbocycles. The molecule has 0 unspecified atom stereocenters. The van der Waals surface area contributed by atoms with E-state index >= 15 is 0 Å². The van der Waals surface area contributed by atoms with E-state index in [4.69, 9.17) is 0 Å². The van der Waals surface area contributed by atoms with Crippen molar-refractivity contribution >= 4 is 5.91 Å². The van der Waals surface area contributed by atoms with Crippen molar-refractivity contribution in [1.29, 1.82) is 0 Å². The zero-order chi connectivity index (χ0) is 20.4. The monoisotopic (exact) mass is 389 g/mol. The molecule has 0 spiro atoms. The van der Waals surface area contributed by atoms with Crippen molar-refractivity contribution in [2.24, 2.45) is 5.92 Å². The van der Waals surface area contributed by atoms with Crippen molar-refractivity contribution in [3.8, 4) is 5.69 Å². The molecule has 1 fully saturated rings. The molecule has 1 N–H and O–H groups in total. The third-order valence-corrected chi connectivity index (χ3v) is 5.99. The van der Waals surface area contributed by atoms with E-state index in [0.717, 1.165) is 36.9 Å². The Morgan fingerprint density at radius 3 is 2.52 bits per heavy atom. The number of hydrogen-bond donors (Lipinski definition) is 1. The van der Waals surface area contributed by atoms with Crippen molar-refractivity contribution in [3.63, 3.8) is 0 Å². The van der Waals surface area contributed by atoms with Crippen LogP contribution in [0.15, 0.2) is 48.5 Å². The first-order valence-electron chi connectivity index (χ1n) is 10.2. The average Bonchev–Trinajstić information content (AvgIpc) is 3.21. The first-order valence-corrected chi connectivity index (χ1v) is 10.2. The number of aromatic nitrogens is 4. The number of carbonyl (C=O) groups excluding carboxylic acids is 1.